The number of benzene rings is 2. The second kappa shape index (κ2) is 7.85. The quantitative estimate of drug-likeness (QED) is 0.804. The average Bonchev–Trinajstić information content (AvgIpc) is 2.68. The SMILES string of the molecule is CN(C)Cc1ccc(CN=C2Nc3ccccc3CC23CCCCC3)cc1. The summed E-state index contributed by atoms with van der Waals surface area (Å²) in [6.07, 6.45) is 7.66. The first-order valence-corrected chi connectivity index (χ1v) is 10.3. The van der Waals surface area contributed by atoms with E-state index in [4.69, 9.17) is 4.99 Å². The highest BCUT2D eigenvalue weighted by atomic mass is 15.0. The van der Waals surface area contributed by atoms with Crippen LogP contribution >= 0.6 is 0 Å². The van der Waals surface area contributed by atoms with E-state index >= 15 is 0 Å². The van der Waals surface area contributed by atoms with Crippen LogP contribution in [0.1, 0.15) is 48.8 Å². The van der Waals surface area contributed by atoms with E-state index in [0.29, 0.717) is 0 Å². The maximum absolute atomic E-state index is 5.11. The van der Waals surface area contributed by atoms with Crippen LogP contribution in [0.4, 0.5) is 5.69 Å². The number of nitrogens with zero attached hydrogens (tertiary/aromatic N) is 2. The van der Waals surface area contributed by atoms with E-state index in [0.717, 1.165) is 19.5 Å². The standard InChI is InChI=1S/C24H31N3/c1-27(2)18-20-12-10-19(11-13-20)17-25-23-24(14-6-3-7-15-24)16-21-8-4-5-9-22(21)26-23/h4-5,8-13H,3,6-7,14-18H2,1-2H3,(H,25,26). The van der Waals surface area contributed by atoms with Crippen molar-refractivity contribution in [2.24, 2.45) is 10.4 Å². The summed E-state index contributed by atoms with van der Waals surface area (Å²) in [5, 5.41) is 3.71. The van der Waals surface area contributed by atoms with Crippen molar-refractivity contribution >= 4 is 11.5 Å². The van der Waals surface area contributed by atoms with Crippen molar-refractivity contribution in [3.05, 3.63) is 65.2 Å². The molecule has 0 bridgehead atoms. The van der Waals surface area contributed by atoms with Crippen LogP contribution in [0, 0.1) is 5.41 Å². The Morgan fingerprint density at radius 1 is 0.926 bits per heavy atom. The monoisotopic (exact) mass is 361 g/mol. The number of hydrogen-bond acceptors (Lipinski definition) is 2. The van der Waals surface area contributed by atoms with Crippen molar-refractivity contribution in [2.45, 2.75) is 51.6 Å². The highest BCUT2D eigenvalue weighted by molar-refractivity contribution is 6.02. The Kier molecular flexibility index (Phi) is 5.31. The third-order valence-electron chi connectivity index (χ3n) is 6.05. The number of aliphatic imine (C=N–C) groups is 1. The summed E-state index contributed by atoms with van der Waals surface area (Å²) in [6, 6.07) is 17.7. The predicted octanol–water partition coefficient (Wildman–Crippen LogP) is 5.27. The van der Waals surface area contributed by atoms with Crippen molar-refractivity contribution in [3.8, 4) is 0 Å². The third kappa shape index (κ3) is 4.08. The Balaban J connectivity index is 1.56. The molecule has 0 atom stereocenters. The minimum atomic E-state index is 0.220. The van der Waals surface area contributed by atoms with Crippen LogP contribution < -0.4 is 5.32 Å². The molecule has 1 aliphatic carbocycles. The van der Waals surface area contributed by atoms with E-state index in [2.05, 4.69) is 72.8 Å². The molecule has 3 nitrogen and oxygen atoms in total. The molecular weight excluding hydrogens is 330 g/mol. The molecule has 0 aromatic heterocycles. The van der Waals surface area contributed by atoms with Crippen LogP contribution in [-0.4, -0.2) is 24.8 Å². The highest BCUT2D eigenvalue weighted by Crippen LogP contribution is 2.45. The van der Waals surface area contributed by atoms with E-state index in [1.54, 1.807) is 0 Å². The molecular formula is C24H31N3. The highest BCUT2D eigenvalue weighted by Gasteiger charge is 2.40. The van der Waals surface area contributed by atoms with E-state index in [1.807, 2.05) is 0 Å². The van der Waals surface area contributed by atoms with Crippen molar-refractivity contribution < 1.29 is 0 Å². The number of amidine groups is 1. The number of hydrogen-bond donors (Lipinski definition) is 1. The van der Waals surface area contributed by atoms with Gasteiger partial charge in [0.25, 0.3) is 0 Å². The van der Waals surface area contributed by atoms with Gasteiger partial charge < -0.3 is 10.2 Å². The second-order valence-corrected chi connectivity index (χ2v) is 8.52. The van der Waals surface area contributed by atoms with Crippen LogP contribution in [0.3, 0.4) is 0 Å². The zero-order valence-corrected chi connectivity index (χ0v) is 16.7. The second-order valence-electron chi connectivity index (χ2n) is 8.52. The topological polar surface area (TPSA) is 27.6 Å². The molecule has 142 valence electrons. The first-order valence-electron chi connectivity index (χ1n) is 10.3. The van der Waals surface area contributed by atoms with Gasteiger partial charge in [-0.25, -0.2) is 0 Å². The third-order valence-corrected chi connectivity index (χ3v) is 6.05. The number of nitrogens with one attached hydrogen (secondary N) is 1. The Hall–Kier alpha value is -2.13. The molecule has 1 aliphatic heterocycles. The molecule has 2 aliphatic rings. The van der Waals surface area contributed by atoms with E-state index in [-0.39, 0.29) is 5.41 Å². The first-order chi connectivity index (χ1) is 13.1. The van der Waals surface area contributed by atoms with Gasteiger partial charge in [-0.1, -0.05) is 61.7 Å². The molecule has 2 aromatic rings. The Labute approximate surface area is 163 Å². The molecule has 1 saturated carbocycles. The van der Waals surface area contributed by atoms with Gasteiger partial charge in [0.2, 0.25) is 0 Å². The minimum absolute atomic E-state index is 0.220. The summed E-state index contributed by atoms with van der Waals surface area (Å²) in [6.45, 7) is 1.74. The normalized spacial score (nSPS) is 19.9. The molecule has 27 heavy (non-hydrogen) atoms. The van der Waals surface area contributed by atoms with Crippen LogP contribution in [0.5, 0.6) is 0 Å². The van der Waals surface area contributed by atoms with Crippen LogP contribution in [0.15, 0.2) is 53.5 Å². The summed E-state index contributed by atoms with van der Waals surface area (Å²) >= 11 is 0. The van der Waals surface area contributed by atoms with Crippen LogP contribution in [-0.2, 0) is 19.5 Å². The maximum atomic E-state index is 5.11. The van der Waals surface area contributed by atoms with Gasteiger partial charge in [-0.3, -0.25) is 4.99 Å². The van der Waals surface area contributed by atoms with E-state index in [9.17, 15) is 0 Å². The van der Waals surface area contributed by atoms with Gasteiger partial charge in [-0.2, -0.15) is 0 Å². The molecule has 1 heterocycles. The summed E-state index contributed by atoms with van der Waals surface area (Å²) < 4.78 is 0. The van der Waals surface area contributed by atoms with Crippen molar-refractivity contribution in [1.82, 2.24) is 4.90 Å². The molecule has 0 radical (unpaired) electrons. The number of anilines is 1. The number of rotatable bonds is 4. The van der Waals surface area contributed by atoms with Gasteiger partial charge >= 0.3 is 0 Å². The van der Waals surface area contributed by atoms with Crippen molar-refractivity contribution in [2.75, 3.05) is 19.4 Å². The molecule has 0 saturated heterocycles. The Morgan fingerprint density at radius 3 is 2.37 bits per heavy atom. The van der Waals surface area contributed by atoms with E-state index in [1.165, 1.54) is 60.3 Å². The van der Waals surface area contributed by atoms with Gasteiger partial charge in [0.15, 0.2) is 0 Å². The predicted molar refractivity (Wildman–Crippen MR) is 114 cm³/mol. The number of fused-ring (bicyclic) bond motifs is 1. The molecule has 3 heteroatoms. The largest absolute Gasteiger partial charge is 0.343 e. The van der Waals surface area contributed by atoms with Gasteiger partial charge in [-0.05, 0) is 56.1 Å². The summed E-state index contributed by atoms with van der Waals surface area (Å²) in [7, 11) is 4.21. The summed E-state index contributed by atoms with van der Waals surface area (Å²) in [5.41, 5.74) is 5.55. The lowest BCUT2D eigenvalue weighted by Gasteiger charge is -2.42. The minimum Gasteiger partial charge on any atom is -0.343 e. The van der Waals surface area contributed by atoms with E-state index < -0.39 is 0 Å². The van der Waals surface area contributed by atoms with Crippen LogP contribution in [0.2, 0.25) is 0 Å². The zero-order valence-electron chi connectivity index (χ0n) is 16.7. The fraction of sp³-hybridized carbons (Fsp3) is 0.458. The summed E-state index contributed by atoms with van der Waals surface area (Å²) in [5.74, 6) is 1.22. The molecule has 4 rings (SSSR count). The lowest BCUT2D eigenvalue weighted by molar-refractivity contribution is 0.278. The van der Waals surface area contributed by atoms with Crippen LogP contribution in [0.25, 0.3) is 0 Å². The van der Waals surface area contributed by atoms with Gasteiger partial charge in [-0.15, -0.1) is 0 Å². The average molecular weight is 362 g/mol. The molecule has 1 spiro atoms. The van der Waals surface area contributed by atoms with Gasteiger partial charge in [0.1, 0.15) is 5.84 Å². The Bertz CT molecular complexity index is 799. The van der Waals surface area contributed by atoms with Gasteiger partial charge in [0, 0.05) is 17.6 Å². The molecule has 2 aromatic carbocycles. The molecule has 0 amide bonds. The van der Waals surface area contributed by atoms with Gasteiger partial charge in [0.05, 0.1) is 6.54 Å². The van der Waals surface area contributed by atoms with Crippen molar-refractivity contribution in [3.63, 3.8) is 0 Å². The molecule has 0 unspecified atom stereocenters. The number of para-hydroxylation sites is 1. The lowest BCUT2D eigenvalue weighted by atomic mass is 9.67. The maximum Gasteiger partial charge on any atom is 0.108 e. The summed E-state index contributed by atoms with van der Waals surface area (Å²) in [4.78, 5) is 7.31. The Morgan fingerprint density at radius 2 is 1.63 bits per heavy atom. The smallest absolute Gasteiger partial charge is 0.108 e. The fourth-order valence-electron chi connectivity index (χ4n) is 4.64. The fourth-order valence-corrected chi connectivity index (χ4v) is 4.64. The van der Waals surface area contributed by atoms with Crippen molar-refractivity contribution in [1.29, 1.82) is 0 Å². The first kappa shape index (κ1) is 18.2. The lowest BCUT2D eigenvalue weighted by Crippen LogP contribution is -2.43. The zero-order chi connectivity index (χ0) is 18.7. The molecule has 1 N–H and O–H groups in total. The molecule has 1 fully saturated rings.